The second kappa shape index (κ2) is 5.79. The SMILES string of the molecule is CCOC(=O)c1cnn(C(CN)c2ccsc2)c1. The molecule has 0 aliphatic rings. The molecule has 2 aromatic rings. The number of carbonyl (C=O) groups excluding carboxylic acids is 1. The monoisotopic (exact) mass is 265 g/mol. The average molecular weight is 265 g/mol. The van der Waals surface area contributed by atoms with Gasteiger partial charge in [0, 0.05) is 12.7 Å². The van der Waals surface area contributed by atoms with Crippen LogP contribution in [0.3, 0.4) is 0 Å². The van der Waals surface area contributed by atoms with E-state index in [4.69, 9.17) is 10.5 Å². The third-order valence-corrected chi connectivity index (χ3v) is 3.28. The Morgan fingerprint density at radius 2 is 2.50 bits per heavy atom. The van der Waals surface area contributed by atoms with E-state index in [-0.39, 0.29) is 12.0 Å². The van der Waals surface area contributed by atoms with E-state index >= 15 is 0 Å². The topological polar surface area (TPSA) is 70.1 Å². The summed E-state index contributed by atoms with van der Waals surface area (Å²) in [5, 5.41) is 8.21. The van der Waals surface area contributed by atoms with Gasteiger partial charge in [-0.1, -0.05) is 0 Å². The highest BCUT2D eigenvalue weighted by Crippen LogP contribution is 2.19. The van der Waals surface area contributed by atoms with Gasteiger partial charge >= 0.3 is 5.97 Å². The van der Waals surface area contributed by atoms with Gasteiger partial charge in [-0.15, -0.1) is 0 Å². The van der Waals surface area contributed by atoms with Crippen molar-refractivity contribution in [3.05, 3.63) is 40.3 Å². The molecule has 5 nitrogen and oxygen atoms in total. The summed E-state index contributed by atoms with van der Waals surface area (Å²) < 4.78 is 6.63. The molecule has 2 rings (SSSR count). The highest BCUT2D eigenvalue weighted by molar-refractivity contribution is 7.07. The number of hydrogen-bond acceptors (Lipinski definition) is 5. The van der Waals surface area contributed by atoms with Gasteiger partial charge in [0.15, 0.2) is 0 Å². The fraction of sp³-hybridized carbons (Fsp3) is 0.333. The summed E-state index contributed by atoms with van der Waals surface area (Å²) in [6.45, 7) is 2.56. The predicted molar refractivity (Wildman–Crippen MR) is 69.7 cm³/mol. The van der Waals surface area contributed by atoms with Crippen molar-refractivity contribution in [1.82, 2.24) is 9.78 Å². The summed E-state index contributed by atoms with van der Waals surface area (Å²) in [7, 11) is 0. The number of nitrogens with two attached hydrogens (primary N) is 1. The summed E-state index contributed by atoms with van der Waals surface area (Å²) in [4.78, 5) is 11.6. The quantitative estimate of drug-likeness (QED) is 0.835. The zero-order chi connectivity index (χ0) is 13.0. The van der Waals surface area contributed by atoms with Gasteiger partial charge in [-0.05, 0) is 29.3 Å². The van der Waals surface area contributed by atoms with E-state index in [1.807, 2.05) is 16.8 Å². The number of nitrogens with zero attached hydrogens (tertiary/aromatic N) is 2. The number of aromatic nitrogens is 2. The summed E-state index contributed by atoms with van der Waals surface area (Å²) >= 11 is 1.61. The van der Waals surface area contributed by atoms with E-state index in [0.29, 0.717) is 18.7 Å². The molecular weight excluding hydrogens is 250 g/mol. The van der Waals surface area contributed by atoms with Gasteiger partial charge in [0.2, 0.25) is 0 Å². The van der Waals surface area contributed by atoms with Crippen molar-refractivity contribution < 1.29 is 9.53 Å². The van der Waals surface area contributed by atoms with E-state index in [9.17, 15) is 4.79 Å². The van der Waals surface area contributed by atoms with Crippen molar-refractivity contribution >= 4 is 17.3 Å². The van der Waals surface area contributed by atoms with Gasteiger partial charge in [-0.2, -0.15) is 16.4 Å². The lowest BCUT2D eigenvalue weighted by molar-refractivity contribution is 0.0526. The number of hydrogen-bond donors (Lipinski definition) is 1. The molecule has 1 atom stereocenters. The lowest BCUT2D eigenvalue weighted by Crippen LogP contribution is -2.20. The fourth-order valence-corrected chi connectivity index (χ4v) is 2.40. The first kappa shape index (κ1) is 12.8. The third kappa shape index (κ3) is 2.60. The van der Waals surface area contributed by atoms with Crippen LogP contribution < -0.4 is 5.73 Å². The van der Waals surface area contributed by atoms with Crippen molar-refractivity contribution in [2.24, 2.45) is 5.73 Å². The van der Waals surface area contributed by atoms with E-state index in [0.717, 1.165) is 5.56 Å². The van der Waals surface area contributed by atoms with E-state index < -0.39 is 0 Å². The summed E-state index contributed by atoms with van der Waals surface area (Å²) in [6.07, 6.45) is 3.18. The van der Waals surface area contributed by atoms with E-state index in [1.165, 1.54) is 6.20 Å². The van der Waals surface area contributed by atoms with Crippen LogP contribution in [-0.4, -0.2) is 28.9 Å². The smallest absolute Gasteiger partial charge is 0.341 e. The molecule has 0 aliphatic carbocycles. The average Bonchev–Trinajstić information content (AvgIpc) is 3.01. The maximum atomic E-state index is 11.6. The normalized spacial score (nSPS) is 12.3. The predicted octanol–water partition coefficient (Wildman–Crippen LogP) is 1.67. The molecule has 0 bridgehead atoms. The molecule has 0 amide bonds. The van der Waals surface area contributed by atoms with E-state index in [1.54, 1.807) is 29.1 Å². The van der Waals surface area contributed by atoms with E-state index in [2.05, 4.69) is 5.10 Å². The molecule has 18 heavy (non-hydrogen) atoms. The summed E-state index contributed by atoms with van der Waals surface area (Å²) in [6, 6.07) is 1.97. The van der Waals surface area contributed by atoms with Gasteiger partial charge in [-0.3, -0.25) is 4.68 Å². The third-order valence-electron chi connectivity index (χ3n) is 2.58. The number of esters is 1. The van der Waals surface area contributed by atoms with Crippen LogP contribution >= 0.6 is 11.3 Å². The maximum Gasteiger partial charge on any atom is 0.341 e. The molecule has 0 aliphatic heterocycles. The first-order valence-corrected chi connectivity index (χ1v) is 6.64. The second-order valence-corrected chi connectivity index (χ2v) is 4.52. The Bertz CT molecular complexity index is 507. The Morgan fingerprint density at radius 3 is 3.11 bits per heavy atom. The molecular formula is C12H15N3O2S. The molecule has 2 N–H and O–H groups in total. The second-order valence-electron chi connectivity index (χ2n) is 3.74. The maximum absolute atomic E-state index is 11.6. The minimum absolute atomic E-state index is 0.0422. The van der Waals surface area contributed by atoms with Crippen LogP contribution in [-0.2, 0) is 4.74 Å². The highest BCUT2D eigenvalue weighted by Gasteiger charge is 2.16. The molecule has 0 fully saturated rings. The first-order valence-electron chi connectivity index (χ1n) is 5.69. The Hall–Kier alpha value is -1.66. The van der Waals surface area contributed by atoms with Crippen molar-refractivity contribution in [3.8, 4) is 0 Å². The minimum atomic E-state index is -0.357. The fourth-order valence-electron chi connectivity index (χ4n) is 1.69. The summed E-state index contributed by atoms with van der Waals surface area (Å²) in [5.41, 5.74) is 7.32. The van der Waals surface area contributed by atoms with Crippen LogP contribution in [0.1, 0.15) is 28.9 Å². The van der Waals surface area contributed by atoms with Crippen molar-refractivity contribution in [2.75, 3.05) is 13.2 Å². The Balaban J connectivity index is 2.20. The Kier molecular flexibility index (Phi) is 4.11. The largest absolute Gasteiger partial charge is 0.462 e. The van der Waals surface area contributed by atoms with Crippen LogP contribution in [0.25, 0.3) is 0 Å². The molecule has 0 spiro atoms. The van der Waals surface area contributed by atoms with Crippen LogP contribution in [0.4, 0.5) is 0 Å². The minimum Gasteiger partial charge on any atom is -0.462 e. The van der Waals surface area contributed by atoms with Crippen LogP contribution in [0.15, 0.2) is 29.2 Å². The van der Waals surface area contributed by atoms with Crippen molar-refractivity contribution in [2.45, 2.75) is 13.0 Å². The van der Waals surface area contributed by atoms with Gasteiger partial charge in [0.1, 0.15) is 0 Å². The van der Waals surface area contributed by atoms with Gasteiger partial charge in [0.05, 0.1) is 24.4 Å². The number of ether oxygens (including phenoxy) is 1. The molecule has 6 heteroatoms. The number of rotatable bonds is 5. The highest BCUT2D eigenvalue weighted by atomic mass is 32.1. The van der Waals surface area contributed by atoms with Gasteiger partial charge in [0.25, 0.3) is 0 Å². The lowest BCUT2D eigenvalue weighted by Gasteiger charge is -2.13. The standard InChI is InChI=1S/C12H15N3O2S/c1-2-17-12(16)10-6-14-15(7-10)11(5-13)9-3-4-18-8-9/h3-4,6-8,11H,2,5,13H2,1H3. The molecule has 2 heterocycles. The zero-order valence-corrected chi connectivity index (χ0v) is 10.9. The molecule has 1 unspecified atom stereocenters. The Labute approximate surface area is 109 Å². The van der Waals surface area contributed by atoms with Crippen molar-refractivity contribution in [1.29, 1.82) is 0 Å². The van der Waals surface area contributed by atoms with Crippen LogP contribution in [0.2, 0.25) is 0 Å². The van der Waals surface area contributed by atoms with Gasteiger partial charge in [-0.25, -0.2) is 4.79 Å². The number of carbonyl (C=O) groups is 1. The van der Waals surface area contributed by atoms with Crippen molar-refractivity contribution in [3.63, 3.8) is 0 Å². The lowest BCUT2D eigenvalue weighted by atomic mass is 10.1. The molecule has 0 saturated carbocycles. The summed E-state index contributed by atoms with van der Waals surface area (Å²) in [5.74, 6) is -0.357. The number of thiophene rings is 1. The Morgan fingerprint density at radius 1 is 1.67 bits per heavy atom. The van der Waals surface area contributed by atoms with Gasteiger partial charge < -0.3 is 10.5 Å². The molecule has 0 aromatic carbocycles. The molecule has 96 valence electrons. The molecule has 0 radical (unpaired) electrons. The molecule has 2 aromatic heterocycles. The molecule has 0 saturated heterocycles. The van der Waals surface area contributed by atoms with Crippen LogP contribution in [0.5, 0.6) is 0 Å². The zero-order valence-electron chi connectivity index (χ0n) is 10.1. The van der Waals surface area contributed by atoms with Crippen LogP contribution in [0, 0.1) is 0 Å². The first-order chi connectivity index (χ1) is 8.76.